The van der Waals surface area contributed by atoms with Gasteiger partial charge in [0.15, 0.2) is 11.4 Å². The summed E-state index contributed by atoms with van der Waals surface area (Å²) in [5.41, 5.74) is -1.18. The summed E-state index contributed by atoms with van der Waals surface area (Å²) in [7, 11) is 3.78. The summed E-state index contributed by atoms with van der Waals surface area (Å²) >= 11 is 0. The van der Waals surface area contributed by atoms with Gasteiger partial charge in [0.2, 0.25) is 5.88 Å². The second-order valence-corrected chi connectivity index (χ2v) is 6.86. The highest BCUT2D eigenvalue weighted by Gasteiger charge is 2.37. The molecule has 0 aromatic carbocycles. The lowest BCUT2D eigenvalue weighted by Crippen LogP contribution is -2.53. The van der Waals surface area contributed by atoms with Crippen LogP contribution in [-0.2, 0) is 14.3 Å². The first kappa shape index (κ1) is 19.0. The third-order valence-corrected chi connectivity index (χ3v) is 3.95. The van der Waals surface area contributed by atoms with E-state index in [1.165, 1.54) is 6.92 Å². The third-order valence-electron chi connectivity index (χ3n) is 3.95. The molecule has 1 amide bonds. The van der Waals surface area contributed by atoms with E-state index in [1.54, 1.807) is 24.8 Å². The monoisotopic (exact) mass is 350 g/mol. The van der Waals surface area contributed by atoms with Crippen molar-refractivity contribution in [3.63, 3.8) is 0 Å². The Morgan fingerprint density at radius 2 is 2.00 bits per heavy atom. The van der Waals surface area contributed by atoms with E-state index in [4.69, 9.17) is 9.47 Å². The van der Waals surface area contributed by atoms with E-state index in [9.17, 15) is 9.59 Å². The van der Waals surface area contributed by atoms with E-state index in [1.807, 2.05) is 25.1 Å². The van der Waals surface area contributed by atoms with E-state index >= 15 is 0 Å². The van der Waals surface area contributed by atoms with Gasteiger partial charge >= 0.3 is 5.97 Å². The molecular weight excluding hydrogens is 324 g/mol. The van der Waals surface area contributed by atoms with Crippen LogP contribution in [0.1, 0.15) is 33.6 Å². The number of hydrogen-bond acceptors (Lipinski definition) is 7. The molecule has 0 spiro atoms. The molecule has 1 unspecified atom stereocenters. The molecule has 0 aliphatic carbocycles. The van der Waals surface area contributed by atoms with Crippen LogP contribution in [0.5, 0.6) is 5.88 Å². The van der Waals surface area contributed by atoms with Crippen LogP contribution in [0.15, 0.2) is 12.1 Å². The highest BCUT2D eigenvalue weighted by atomic mass is 16.6. The van der Waals surface area contributed by atoms with Gasteiger partial charge in [-0.1, -0.05) is 0 Å². The first-order valence-corrected chi connectivity index (χ1v) is 8.35. The fourth-order valence-electron chi connectivity index (χ4n) is 2.79. The van der Waals surface area contributed by atoms with Crippen LogP contribution in [0.4, 0.5) is 5.82 Å². The lowest BCUT2D eigenvalue weighted by atomic mass is 10.0. The summed E-state index contributed by atoms with van der Waals surface area (Å²) in [5.74, 6) is 0.490. The van der Waals surface area contributed by atoms with Crippen molar-refractivity contribution in [3.8, 4) is 5.88 Å². The van der Waals surface area contributed by atoms with Gasteiger partial charge in [-0.15, -0.1) is 10.2 Å². The van der Waals surface area contributed by atoms with Gasteiger partial charge in [0.1, 0.15) is 6.10 Å². The van der Waals surface area contributed by atoms with Crippen LogP contribution in [0.2, 0.25) is 0 Å². The van der Waals surface area contributed by atoms with Crippen molar-refractivity contribution in [3.05, 3.63) is 12.1 Å². The molecule has 1 aromatic heterocycles. The maximum Gasteiger partial charge on any atom is 0.303 e. The molecule has 0 saturated carbocycles. The maximum atomic E-state index is 12.6. The number of esters is 1. The fourth-order valence-corrected chi connectivity index (χ4v) is 2.79. The SMILES string of the molecule is CC(=O)OC(C)(C)C(=O)N1CCCC(Oc2ccc(N(C)C)nn2)C1. The van der Waals surface area contributed by atoms with Crippen molar-refractivity contribution in [1.82, 2.24) is 15.1 Å². The van der Waals surface area contributed by atoms with Gasteiger partial charge < -0.3 is 19.3 Å². The summed E-state index contributed by atoms with van der Waals surface area (Å²) in [5, 5.41) is 8.15. The molecule has 0 bridgehead atoms. The molecule has 1 aliphatic heterocycles. The molecule has 1 atom stereocenters. The number of carbonyl (C=O) groups excluding carboxylic acids is 2. The first-order chi connectivity index (χ1) is 11.7. The highest BCUT2D eigenvalue weighted by molar-refractivity contribution is 5.86. The molecule has 8 nitrogen and oxygen atoms in total. The Labute approximate surface area is 148 Å². The van der Waals surface area contributed by atoms with Gasteiger partial charge in [-0.3, -0.25) is 9.59 Å². The Bertz CT molecular complexity index is 616. The van der Waals surface area contributed by atoms with Crippen LogP contribution in [0, 0.1) is 0 Å². The largest absolute Gasteiger partial charge is 0.471 e. The number of carbonyl (C=O) groups is 2. The van der Waals surface area contributed by atoms with Crippen molar-refractivity contribution >= 4 is 17.7 Å². The molecule has 138 valence electrons. The predicted octanol–water partition coefficient (Wildman–Crippen LogP) is 1.25. The molecule has 1 saturated heterocycles. The van der Waals surface area contributed by atoms with Gasteiger partial charge in [-0.05, 0) is 32.8 Å². The van der Waals surface area contributed by atoms with Gasteiger partial charge in [0, 0.05) is 33.6 Å². The summed E-state index contributed by atoms with van der Waals surface area (Å²) < 4.78 is 11.0. The molecule has 1 aromatic rings. The zero-order valence-electron chi connectivity index (χ0n) is 15.5. The average Bonchev–Trinajstić information content (AvgIpc) is 2.53. The van der Waals surface area contributed by atoms with Gasteiger partial charge in [-0.25, -0.2) is 0 Å². The summed E-state index contributed by atoms with van der Waals surface area (Å²) in [6, 6.07) is 3.60. The number of hydrogen-bond donors (Lipinski definition) is 0. The Balaban J connectivity index is 1.98. The van der Waals surface area contributed by atoms with Gasteiger partial charge in [-0.2, -0.15) is 0 Å². The highest BCUT2D eigenvalue weighted by Crippen LogP contribution is 2.21. The second kappa shape index (κ2) is 7.67. The minimum atomic E-state index is -1.18. The predicted molar refractivity (Wildman–Crippen MR) is 92.4 cm³/mol. The zero-order valence-corrected chi connectivity index (χ0v) is 15.5. The number of piperidine rings is 1. The fraction of sp³-hybridized carbons (Fsp3) is 0.647. The van der Waals surface area contributed by atoms with Crippen LogP contribution < -0.4 is 9.64 Å². The van der Waals surface area contributed by atoms with Crippen LogP contribution in [-0.4, -0.2) is 65.9 Å². The first-order valence-electron chi connectivity index (χ1n) is 8.35. The Hall–Kier alpha value is -2.38. The van der Waals surface area contributed by atoms with Crippen LogP contribution in [0.3, 0.4) is 0 Å². The van der Waals surface area contributed by atoms with E-state index in [-0.39, 0.29) is 12.0 Å². The van der Waals surface area contributed by atoms with Crippen molar-refractivity contribution in [2.45, 2.75) is 45.3 Å². The Morgan fingerprint density at radius 3 is 2.56 bits per heavy atom. The number of amides is 1. The molecule has 2 rings (SSSR count). The van der Waals surface area contributed by atoms with Crippen molar-refractivity contribution in [2.24, 2.45) is 0 Å². The number of nitrogens with zero attached hydrogens (tertiary/aromatic N) is 4. The summed E-state index contributed by atoms with van der Waals surface area (Å²) in [6.45, 7) is 5.56. The topological polar surface area (TPSA) is 84.9 Å². The summed E-state index contributed by atoms with van der Waals surface area (Å²) in [4.78, 5) is 27.4. The molecular formula is C17H26N4O4. The lowest BCUT2D eigenvalue weighted by molar-refractivity contribution is -0.169. The van der Waals surface area contributed by atoms with E-state index in [2.05, 4.69) is 10.2 Å². The lowest BCUT2D eigenvalue weighted by Gasteiger charge is -2.36. The van der Waals surface area contributed by atoms with Gasteiger partial charge in [0.05, 0.1) is 6.54 Å². The van der Waals surface area contributed by atoms with E-state index in [0.717, 1.165) is 18.7 Å². The quantitative estimate of drug-likeness (QED) is 0.739. The van der Waals surface area contributed by atoms with Crippen LogP contribution in [0.25, 0.3) is 0 Å². The number of anilines is 1. The minimum Gasteiger partial charge on any atom is -0.471 e. The minimum absolute atomic E-state index is 0.162. The zero-order chi connectivity index (χ0) is 18.6. The standard InChI is InChI=1S/C17H26N4O4/c1-12(22)25-17(2,3)16(23)21-10-6-7-13(11-21)24-15-9-8-14(18-19-15)20(4)5/h8-9,13H,6-7,10-11H2,1-5H3. The molecule has 25 heavy (non-hydrogen) atoms. The molecule has 0 radical (unpaired) electrons. The molecule has 1 fully saturated rings. The van der Waals surface area contributed by atoms with E-state index in [0.29, 0.717) is 19.0 Å². The third kappa shape index (κ3) is 5.04. The van der Waals surface area contributed by atoms with Crippen molar-refractivity contribution in [1.29, 1.82) is 0 Å². The summed E-state index contributed by atoms with van der Waals surface area (Å²) in [6.07, 6.45) is 1.48. The van der Waals surface area contributed by atoms with Crippen molar-refractivity contribution < 1.29 is 19.1 Å². The number of likely N-dealkylation sites (tertiary alicyclic amines) is 1. The maximum absolute atomic E-state index is 12.6. The Kier molecular flexibility index (Phi) is 5.81. The number of aromatic nitrogens is 2. The molecule has 0 N–H and O–H groups in total. The second-order valence-electron chi connectivity index (χ2n) is 6.86. The average molecular weight is 350 g/mol. The number of rotatable bonds is 5. The smallest absolute Gasteiger partial charge is 0.303 e. The normalized spacial score (nSPS) is 17.8. The van der Waals surface area contributed by atoms with Crippen molar-refractivity contribution in [2.75, 3.05) is 32.1 Å². The molecule has 2 heterocycles. The van der Waals surface area contributed by atoms with Gasteiger partial charge in [0.25, 0.3) is 5.91 Å². The molecule has 8 heteroatoms. The Morgan fingerprint density at radius 1 is 1.28 bits per heavy atom. The molecule has 1 aliphatic rings. The van der Waals surface area contributed by atoms with E-state index < -0.39 is 11.6 Å². The number of ether oxygens (including phenoxy) is 2. The van der Waals surface area contributed by atoms with Crippen LogP contribution >= 0.6 is 0 Å².